The molecule has 1 aromatic heterocycles. The minimum absolute atomic E-state index is 0.0255. The lowest BCUT2D eigenvalue weighted by molar-refractivity contribution is -0.132. The molecule has 2 aliphatic rings. The van der Waals surface area contributed by atoms with Gasteiger partial charge in [0.05, 0.1) is 0 Å². The Morgan fingerprint density at radius 3 is 2.71 bits per heavy atom. The second kappa shape index (κ2) is 7.64. The summed E-state index contributed by atoms with van der Waals surface area (Å²) < 4.78 is 0. The molecule has 0 unspecified atom stereocenters. The quantitative estimate of drug-likeness (QED) is 0.912. The Bertz CT molecular complexity index is 600. The largest absolute Gasteiger partial charge is 0.341 e. The molecule has 0 bridgehead atoms. The Kier molecular flexibility index (Phi) is 5.33. The van der Waals surface area contributed by atoms with E-state index in [1.807, 2.05) is 29.0 Å². The third kappa shape index (κ3) is 4.24. The van der Waals surface area contributed by atoms with Crippen LogP contribution in [0.2, 0.25) is 0 Å². The van der Waals surface area contributed by atoms with E-state index in [0.717, 1.165) is 37.8 Å². The molecule has 24 heavy (non-hydrogen) atoms. The van der Waals surface area contributed by atoms with E-state index in [0.29, 0.717) is 26.2 Å². The highest BCUT2D eigenvalue weighted by Crippen LogP contribution is 2.31. The van der Waals surface area contributed by atoms with Gasteiger partial charge in [0, 0.05) is 51.0 Å². The van der Waals surface area contributed by atoms with Crippen molar-refractivity contribution in [1.82, 2.24) is 20.1 Å². The van der Waals surface area contributed by atoms with Crippen LogP contribution in [0.1, 0.15) is 30.4 Å². The predicted molar refractivity (Wildman–Crippen MR) is 91.6 cm³/mol. The van der Waals surface area contributed by atoms with Gasteiger partial charge in [-0.2, -0.15) is 0 Å². The van der Waals surface area contributed by atoms with Crippen LogP contribution in [0.4, 0.5) is 4.79 Å². The summed E-state index contributed by atoms with van der Waals surface area (Å²) in [7, 11) is 0. The Hall–Kier alpha value is -2.11. The summed E-state index contributed by atoms with van der Waals surface area (Å²) >= 11 is 0. The number of carbonyl (C=O) groups is 2. The van der Waals surface area contributed by atoms with Crippen molar-refractivity contribution in [3.63, 3.8) is 0 Å². The molecular weight excluding hydrogens is 304 g/mol. The molecule has 0 aromatic carbocycles. The summed E-state index contributed by atoms with van der Waals surface area (Å²) in [5, 5.41) is 3.00. The highest BCUT2D eigenvalue weighted by Gasteiger charge is 2.34. The summed E-state index contributed by atoms with van der Waals surface area (Å²) in [6.07, 6.45) is 7.36. The molecule has 1 aliphatic heterocycles. The number of aromatic nitrogens is 1. The van der Waals surface area contributed by atoms with E-state index >= 15 is 0 Å². The van der Waals surface area contributed by atoms with Crippen molar-refractivity contribution in [3.05, 3.63) is 29.6 Å². The number of aryl methyl sites for hydroxylation is 1. The van der Waals surface area contributed by atoms with E-state index in [9.17, 15) is 9.59 Å². The van der Waals surface area contributed by atoms with Crippen molar-refractivity contribution >= 4 is 11.9 Å². The van der Waals surface area contributed by atoms with Crippen LogP contribution < -0.4 is 5.32 Å². The summed E-state index contributed by atoms with van der Waals surface area (Å²) in [4.78, 5) is 32.4. The van der Waals surface area contributed by atoms with Crippen molar-refractivity contribution in [2.45, 2.75) is 32.6 Å². The topological polar surface area (TPSA) is 65.5 Å². The highest BCUT2D eigenvalue weighted by molar-refractivity contribution is 5.81. The van der Waals surface area contributed by atoms with Crippen LogP contribution in [0.5, 0.6) is 0 Å². The third-order valence-corrected chi connectivity index (χ3v) is 4.83. The van der Waals surface area contributed by atoms with Gasteiger partial charge in [-0.05, 0) is 49.8 Å². The Morgan fingerprint density at radius 2 is 1.96 bits per heavy atom. The van der Waals surface area contributed by atoms with Crippen LogP contribution in [-0.2, 0) is 11.2 Å². The average molecular weight is 330 g/mol. The zero-order chi connectivity index (χ0) is 16.9. The molecule has 0 atom stereocenters. The predicted octanol–water partition coefficient (Wildman–Crippen LogP) is 1.59. The fourth-order valence-electron chi connectivity index (χ4n) is 3.13. The van der Waals surface area contributed by atoms with Crippen LogP contribution in [0.25, 0.3) is 0 Å². The molecule has 1 N–H and O–H groups in total. The lowest BCUT2D eigenvalue weighted by Gasteiger charge is -2.22. The summed E-state index contributed by atoms with van der Waals surface area (Å²) in [6, 6.07) is 1.97. The normalized spacial score (nSPS) is 18.2. The van der Waals surface area contributed by atoms with Gasteiger partial charge in [0.15, 0.2) is 0 Å². The second-order valence-electron chi connectivity index (χ2n) is 6.72. The van der Waals surface area contributed by atoms with Gasteiger partial charge in [0.1, 0.15) is 0 Å². The maximum absolute atomic E-state index is 12.3. The van der Waals surface area contributed by atoms with Crippen molar-refractivity contribution in [2.75, 3.05) is 32.7 Å². The van der Waals surface area contributed by atoms with Gasteiger partial charge in [-0.25, -0.2) is 4.79 Å². The first-order chi connectivity index (χ1) is 11.6. The minimum Gasteiger partial charge on any atom is -0.341 e. The van der Waals surface area contributed by atoms with E-state index < -0.39 is 0 Å². The number of pyridine rings is 1. The number of rotatable bonds is 4. The average Bonchev–Trinajstić information content (AvgIpc) is 3.42. The molecule has 1 aromatic rings. The van der Waals surface area contributed by atoms with Crippen molar-refractivity contribution < 1.29 is 9.59 Å². The van der Waals surface area contributed by atoms with Crippen molar-refractivity contribution in [3.8, 4) is 0 Å². The van der Waals surface area contributed by atoms with Crippen LogP contribution in [0.15, 0.2) is 18.5 Å². The molecule has 0 radical (unpaired) electrons. The second-order valence-corrected chi connectivity index (χ2v) is 6.72. The van der Waals surface area contributed by atoms with Gasteiger partial charge in [-0.3, -0.25) is 9.78 Å². The van der Waals surface area contributed by atoms with E-state index in [-0.39, 0.29) is 17.9 Å². The smallest absolute Gasteiger partial charge is 0.317 e. The first-order valence-corrected chi connectivity index (χ1v) is 8.86. The maximum atomic E-state index is 12.3. The summed E-state index contributed by atoms with van der Waals surface area (Å²) in [5.74, 6) is 0.541. The van der Waals surface area contributed by atoms with Crippen LogP contribution in [-0.4, -0.2) is 59.4 Å². The fourth-order valence-corrected chi connectivity index (χ4v) is 3.13. The standard InChI is InChI=1S/C18H26N4O2/c1-14-13-19-7-5-15(14)6-8-20-18(24)22-10-2-9-21(11-12-22)17(23)16-3-4-16/h5,7,13,16H,2-4,6,8-12H2,1H3,(H,20,24). The molecule has 130 valence electrons. The molecule has 1 saturated heterocycles. The lowest BCUT2D eigenvalue weighted by Crippen LogP contribution is -2.43. The van der Waals surface area contributed by atoms with Crippen LogP contribution >= 0.6 is 0 Å². The van der Waals surface area contributed by atoms with E-state index in [4.69, 9.17) is 0 Å². The van der Waals surface area contributed by atoms with E-state index in [2.05, 4.69) is 10.3 Å². The molecule has 2 fully saturated rings. The Morgan fingerprint density at radius 1 is 1.21 bits per heavy atom. The molecule has 0 spiro atoms. The number of nitrogens with zero attached hydrogens (tertiary/aromatic N) is 3. The molecule has 1 saturated carbocycles. The monoisotopic (exact) mass is 330 g/mol. The third-order valence-electron chi connectivity index (χ3n) is 4.83. The van der Waals surface area contributed by atoms with E-state index in [1.165, 1.54) is 5.56 Å². The molecule has 3 rings (SSSR count). The van der Waals surface area contributed by atoms with Crippen LogP contribution in [0.3, 0.4) is 0 Å². The molecule has 3 amide bonds. The molecule has 1 aliphatic carbocycles. The molecule has 6 heteroatoms. The number of carbonyl (C=O) groups excluding carboxylic acids is 2. The fraction of sp³-hybridized carbons (Fsp3) is 0.611. The minimum atomic E-state index is -0.0255. The van der Waals surface area contributed by atoms with Gasteiger partial charge in [0.2, 0.25) is 5.91 Å². The molecular formula is C18H26N4O2. The summed E-state index contributed by atoms with van der Waals surface area (Å²) in [5.41, 5.74) is 2.36. The Labute approximate surface area is 143 Å². The zero-order valence-electron chi connectivity index (χ0n) is 14.3. The van der Waals surface area contributed by atoms with Gasteiger partial charge in [0.25, 0.3) is 0 Å². The SMILES string of the molecule is Cc1cnccc1CCNC(=O)N1CCCN(C(=O)C2CC2)CC1. The van der Waals surface area contributed by atoms with Crippen molar-refractivity contribution in [1.29, 1.82) is 0 Å². The molecule has 6 nitrogen and oxygen atoms in total. The Balaban J connectivity index is 1.43. The first kappa shape index (κ1) is 16.7. The van der Waals surface area contributed by atoms with E-state index in [1.54, 1.807) is 6.20 Å². The molecule has 2 heterocycles. The van der Waals surface area contributed by atoms with Gasteiger partial charge in [-0.1, -0.05) is 0 Å². The number of amides is 3. The zero-order valence-corrected chi connectivity index (χ0v) is 14.3. The number of urea groups is 1. The highest BCUT2D eigenvalue weighted by atomic mass is 16.2. The number of nitrogens with one attached hydrogen (secondary N) is 1. The lowest BCUT2D eigenvalue weighted by atomic mass is 10.1. The summed E-state index contributed by atoms with van der Waals surface area (Å²) in [6.45, 7) is 5.42. The van der Waals surface area contributed by atoms with Gasteiger partial charge in [-0.15, -0.1) is 0 Å². The van der Waals surface area contributed by atoms with Gasteiger partial charge >= 0.3 is 6.03 Å². The van der Waals surface area contributed by atoms with Gasteiger partial charge < -0.3 is 15.1 Å². The van der Waals surface area contributed by atoms with Crippen LogP contribution in [0, 0.1) is 12.8 Å². The maximum Gasteiger partial charge on any atom is 0.317 e. The number of hydrogen-bond donors (Lipinski definition) is 1. The first-order valence-electron chi connectivity index (χ1n) is 8.86. The number of hydrogen-bond acceptors (Lipinski definition) is 3. The van der Waals surface area contributed by atoms with Crippen molar-refractivity contribution in [2.24, 2.45) is 5.92 Å².